The van der Waals surface area contributed by atoms with Crippen molar-refractivity contribution in [2.24, 2.45) is 13.0 Å². The molecule has 0 aliphatic rings. The van der Waals surface area contributed by atoms with Gasteiger partial charge in [0.25, 0.3) is 0 Å². The summed E-state index contributed by atoms with van der Waals surface area (Å²) in [5.74, 6) is 0.773. The van der Waals surface area contributed by atoms with E-state index < -0.39 is 0 Å². The van der Waals surface area contributed by atoms with E-state index in [-0.39, 0.29) is 5.78 Å². The van der Waals surface area contributed by atoms with Crippen molar-refractivity contribution < 1.29 is 4.79 Å². The third-order valence-electron chi connectivity index (χ3n) is 3.20. The number of carbonyl (C=O) groups is 1. The van der Waals surface area contributed by atoms with Crippen LogP contribution < -0.4 is 0 Å². The van der Waals surface area contributed by atoms with Crippen LogP contribution in [0.1, 0.15) is 37.0 Å². The molecule has 0 atom stereocenters. The Hall–Kier alpha value is -1.28. The van der Waals surface area contributed by atoms with Gasteiger partial charge in [-0.2, -0.15) is 0 Å². The molecular formula is C15H18ClNO. The van der Waals surface area contributed by atoms with E-state index in [1.54, 1.807) is 0 Å². The van der Waals surface area contributed by atoms with Gasteiger partial charge in [-0.15, -0.1) is 0 Å². The molecule has 0 aliphatic carbocycles. The predicted octanol–water partition coefficient (Wildman–Crippen LogP) is 4.45. The normalized spacial score (nSPS) is 11.4. The molecule has 0 fully saturated rings. The van der Waals surface area contributed by atoms with Crippen LogP contribution in [-0.2, 0) is 7.05 Å². The number of carbonyl (C=O) groups excluding carboxylic acids is 1. The van der Waals surface area contributed by atoms with Gasteiger partial charge in [0.05, 0.1) is 0 Å². The molecule has 0 unspecified atom stereocenters. The fraction of sp³-hybridized carbons (Fsp3) is 0.400. The molecule has 0 saturated heterocycles. The van der Waals surface area contributed by atoms with E-state index in [1.165, 1.54) is 0 Å². The molecule has 1 aromatic heterocycles. The molecule has 2 aromatic rings. The highest BCUT2D eigenvalue weighted by atomic mass is 35.5. The highest BCUT2D eigenvalue weighted by Gasteiger charge is 2.14. The molecule has 0 aliphatic heterocycles. The van der Waals surface area contributed by atoms with Crippen LogP contribution in [0.25, 0.3) is 10.9 Å². The number of ketones is 1. The number of aromatic nitrogens is 1. The van der Waals surface area contributed by atoms with E-state index in [0.717, 1.165) is 22.9 Å². The standard InChI is InChI=1S/C15H18ClNO/c1-10(2)4-7-15(18)13-9-17(3)14-8-11(16)5-6-12(13)14/h5-6,8-10H,4,7H2,1-3H3. The lowest BCUT2D eigenvalue weighted by atomic mass is 10.0. The SMILES string of the molecule is CC(C)CCC(=O)c1cn(C)c2cc(Cl)ccc12. The number of halogens is 1. The molecule has 0 radical (unpaired) electrons. The van der Waals surface area contributed by atoms with E-state index in [4.69, 9.17) is 11.6 Å². The van der Waals surface area contributed by atoms with Crippen molar-refractivity contribution in [3.05, 3.63) is 35.0 Å². The Morgan fingerprint density at radius 2 is 2.11 bits per heavy atom. The number of benzene rings is 1. The molecule has 96 valence electrons. The van der Waals surface area contributed by atoms with Gasteiger partial charge in [-0.25, -0.2) is 0 Å². The molecular weight excluding hydrogens is 246 g/mol. The molecule has 18 heavy (non-hydrogen) atoms. The topological polar surface area (TPSA) is 22.0 Å². The maximum atomic E-state index is 12.2. The third kappa shape index (κ3) is 2.59. The van der Waals surface area contributed by atoms with E-state index >= 15 is 0 Å². The summed E-state index contributed by atoms with van der Waals surface area (Å²) in [6, 6.07) is 5.67. The first kappa shape index (κ1) is 13.2. The molecule has 0 saturated carbocycles. The molecule has 0 bridgehead atoms. The van der Waals surface area contributed by atoms with Crippen LogP contribution >= 0.6 is 11.6 Å². The Kier molecular flexibility index (Phi) is 3.76. The summed E-state index contributed by atoms with van der Waals surface area (Å²) in [7, 11) is 1.94. The zero-order valence-electron chi connectivity index (χ0n) is 11.0. The summed E-state index contributed by atoms with van der Waals surface area (Å²) in [6.45, 7) is 4.27. The van der Waals surface area contributed by atoms with Crippen LogP contribution in [0, 0.1) is 5.92 Å². The van der Waals surface area contributed by atoms with Crippen molar-refractivity contribution in [1.29, 1.82) is 0 Å². The van der Waals surface area contributed by atoms with Crippen molar-refractivity contribution in [3.63, 3.8) is 0 Å². The van der Waals surface area contributed by atoms with Crippen LogP contribution in [0.3, 0.4) is 0 Å². The quantitative estimate of drug-likeness (QED) is 0.747. The third-order valence-corrected chi connectivity index (χ3v) is 3.44. The maximum Gasteiger partial charge on any atom is 0.165 e. The zero-order chi connectivity index (χ0) is 13.3. The van der Waals surface area contributed by atoms with E-state index in [9.17, 15) is 4.79 Å². The predicted molar refractivity (Wildman–Crippen MR) is 76.3 cm³/mol. The number of hydrogen-bond acceptors (Lipinski definition) is 1. The highest BCUT2D eigenvalue weighted by molar-refractivity contribution is 6.31. The highest BCUT2D eigenvalue weighted by Crippen LogP contribution is 2.25. The molecule has 0 amide bonds. The van der Waals surface area contributed by atoms with Gasteiger partial charge in [-0.1, -0.05) is 31.5 Å². The molecule has 3 heteroatoms. The van der Waals surface area contributed by atoms with Crippen molar-refractivity contribution >= 4 is 28.3 Å². The number of fused-ring (bicyclic) bond motifs is 1. The van der Waals surface area contributed by atoms with Crippen molar-refractivity contribution in [2.75, 3.05) is 0 Å². The fourth-order valence-corrected chi connectivity index (χ4v) is 2.30. The Balaban J connectivity index is 2.37. The first-order valence-corrected chi connectivity index (χ1v) is 6.64. The number of hydrogen-bond donors (Lipinski definition) is 0. The molecule has 0 spiro atoms. The van der Waals surface area contributed by atoms with Crippen LogP contribution in [-0.4, -0.2) is 10.4 Å². The molecule has 1 aromatic carbocycles. The average Bonchev–Trinajstić information content (AvgIpc) is 2.63. The summed E-state index contributed by atoms with van der Waals surface area (Å²) >= 11 is 5.98. The van der Waals surface area contributed by atoms with Crippen LogP contribution in [0.15, 0.2) is 24.4 Å². The Bertz CT molecular complexity index is 583. The first-order valence-electron chi connectivity index (χ1n) is 6.27. The summed E-state index contributed by atoms with van der Waals surface area (Å²) in [5, 5.41) is 1.69. The summed E-state index contributed by atoms with van der Waals surface area (Å²) in [4.78, 5) is 12.2. The second kappa shape index (κ2) is 5.15. The lowest BCUT2D eigenvalue weighted by Crippen LogP contribution is -2.00. The van der Waals surface area contributed by atoms with Crippen LogP contribution in [0.4, 0.5) is 0 Å². The van der Waals surface area contributed by atoms with E-state index in [0.29, 0.717) is 17.4 Å². The molecule has 2 rings (SSSR count). The van der Waals surface area contributed by atoms with Crippen molar-refractivity contribution in [1.82, 2.24) is 4.57 Å². The minimum Gasteiger partial charge on any atom is -0.350 e. The second-order valence-electron chi connectivity index (χ2n) is 5.17. The smallest absolute Gasteiger partial charge is 0.165 e. The second-order valence-corrected chi connectivity index (χ2v) is 5.61. The van der Waals surface area contributed by atoms with Gasteiger partial charge in [-0.05, 0) is 24.5 Å². The van der Waals surface area contributed by atoms with Gasteiger partial charge in [0.2, 0.25) is 0 Å². The molecule has 1 heterocycles. The minimum atomic E-state index is 0.219. The number of aryl methyl sites for hydroxylation is 1. The molecule has 2 nitrogen and oxygen atoms in total. The van der Waals surface area contributed by atoms with Gasteiger partial charge < -0.3 is 4.57 Å². The van der Waals surface area contributed by atoms with Crippen LogP contribution in [0.5, 0.6) is 0 Å². The summed E-state index contributed by atoms with van der Waals surface area (Å²) in [5.41, 5.74) is 1.82. The minimum absolute atomic E-state index is 0.219. The fourth-order valence-electron chi connectivity index (χ4n) is 2.13. The number of Topliss-reactive ketones (excluding diaryl/α,β-unsaturated/α-hetero) is 1. The van der Waals surface area contributed by atoms with E-state index in [1.807, 2.05) is 36.0 Å². The lowest BCUT2D eigenvalue weighted by molar-refractivity contribution is 0.0977. The largest absolute Gasteiger partial charge is 0.350 e. The summed E-state index contributed by atoms with van der Waals surface area (Å²) in [6.07, 6.45) is 3.45. The maximum absolute atomic E-state index is 12.2. The van der Waals surface area contributed by atoms with Gasteiger partial charge >= 0.3 is 0 Å². The van der Waals surface area contributed by atoms with Gasteiger partial charge in [-0.3, -0.25) is 4.79 Å². The number of nitrogens with zero attached hydrogens (tertiary/aromatic N) is 1. The Morgan fingerprint density at radius 1 is 1.39 bits per heavy atom. The van der Waals surface area contributed by atoms with Gasteiger partial charge in [0.1, 0.15) is 0 Å². The Labute approximate surface area is 113 Å². The number of rotatable bonds is 4. The van der Waals surface area contributed by atoms with E-state index in [2.05, 4.69) is 13.8 Å². The monoisotopic (exact) mass is 263 g/mol. The first-order chi connectivity index (χ1) is 8.49. The average molecular weight is 264 g/mol. The Morgan fingerprint density at radius 3 is 2.78 bits per heavy atom. The van der Waals surface area contributed by atoms with Crippen molar-refractivity contribution in [3.8, 4) is 0 Å². The molecule has 0 N–H and O–H groups in total. The lowest BCUT2D eigenvalue weighted by Gasteiger charge is -2.02. The van der Waals surface area contributed by atoms with Gasteiger partial charge in [0.15, 0.2) is 5.78 Å². The van der Waals surface area contributed by atoms with Crippen molar-refractivity contribution in [2.45, 2.75) is 26.7 Å². The summed E-state index contributed by atoms with van der Waals surface area (Å²) < 4.78 is 1.96. The van der Waals surface area contributed by atoms with Crippen LogP contribution in [0.2, 0.25) is 5.02 Å². The zero-order valence-corrected chi connectivity index (χ0v) is 11.8. The van der Waals surface area contributed by atoms with Gasteiger partial charge in [0, 0.05) is 41.2 Å².